The van der Waals surface area contributed by atoms with Crippen molar-refractivity contribution in [2.45, 2.75) is 12.5 Å². The Morgan fingerprint density at radius 3 is 3.07 bits per heavy atom. The summed E-state index contributed by atoms with van der Waals surface area (Å²) in [5.74, 6) is 0.759. The molecule has 0 radical (unpaired) electrons. The highest BCUT2D eigenvalue weighted by Crippen LogP contribution is 2.29. The highest BCUT2D eigenvalue weighted by molar-refractivity contribution is 9.10. The molecule has 76 valence electrons. The number of rotatable bonds is 2. The molecule has 1 saturated heterocycles. The molecule has 0 aliphatic carbocycles. The number of nitrogens with one attached hydrogen (secondary N) is 1. The lowest BCUT2D eigenvalue weighted by atomic mass is 10.3. The molecule has 1 N–H and O–H groups in total. The topological polar surface area (TPSA) is 21.3 Å². The van der Waals surface area contributed by atoms with Gasteiger partial charge < -0.3 is 10.1 Å². The van der Waals surface area contributed by atoms with Crippen LogP contribution in [-0.4, -0.2) is 19.2 Å². The Bertz CT molecular complexity index is 326. The molecular weight excluding hydrogens is 265 g/mol. The molecule has 1 fully saturated rings. The fraction of sp³-hybridized carbons (Fsp3) is 0.400. The smallest absolute Gasteiger partial charge is 0.139 e. The summed E-state index contributed by atoms with van der Waals surface area (Å²) in [6, 6.07) is 5.64. The lowest BCUT2D eigenvalue weighted by molar-refractivity contribution is 0.223. The van der Waals surface area contributed by atoms with Gasteiger partial charge in [0, 0.05) is 11.0 Å². The van der Waals surface area contributed by atoms with Gasteiger partial charge in [0.15, 0.2) is 0 Å². The van der Waals surface area contributed by atoms with Gasteiger partial charge in [0.25, 0.3) is 0 Å². The molecule has 1 aliphatic rings. The molecule has 1 aliphatic heterocycles. The maximum atomic E-state index is 6.01. The minimum atomic E-state index is 0.252. The van der Waals surface area contributed by atoms with Crippen LogP contribution >= 0.6 is 27.5 Å². The van der Waals surface area contributed by atoms with Crippen LogP contribution in [0.25, 0.3) is 0 Å². The molecule has 0 bridgehead atoms. The third kappa shape index (κ3) is 2.41. The van der Waals surface area contributed by atoms with Crippen molar-refractivity contribution in [1.29, 1.82) is 0 Å². The van der Waals surface area contributed by atoms with Crippen molar-refractivity contribution in [3.63, 3.8) is 0 Å². The average Bonchev–Trinajstić information content (AvgIpc) is 2.64. The van der Waals surface area contributed by atoms with E-state index >= 15 is 0 Å². The van der Waals surface area contributed by atoms with Crippen LogP contribution in [0.5, 0.6) is 5.75 Å². The van der Waals surface area contributed by atoms with Gasteiger partial charge in [0.1, 0.15) is 11.9 Å². The molecular formula is C10H11BrClNO. The predicted octanol–water partition coefficient (Wildman–Crippen LogP) is 2.84. The highest BCUT2D eigenvalue weighted by Gasteiger charge is 2.17. The number of halogens is 2. The SMILES string of the molecule is Clc1ccc(Br)cc1O[C@H]1CCNC1. The normalized spacial score (nSPS) is 21.1. The molecule has 1 atom stereocenters. The zero-order chi connectivity index (χ0) is 9.97. The van der Waals surface area contributed by atoms with Crippen LogP contribution in [0.3, 0.4) is 0 Å². The van der Waals surface area contributed by atoms with E-state index in [1.165, 1.54) is 0 Å². The number of ether oxygens (including phenoxy) is 1. The minimum Gasteiger partial charge on any atom is -0.487 e. The minimum absolute atomic E-state index is 0.252. The maximum Gasteiger partial charge on any atom is 0.139 e. The van der Waals surface area contributed by atoms with Crippen LogP contribution < -0.4 is 10.1 Å². The second-order valence-corrected chi connectivity index (χ2v) is 4.63. The molecule has 0 unspecified atom stereocenters. The van der Waals surface area contributed by atoms with Gasteiger partial charge in [0.05, 0.1) is 5.02 Å². The molecule has 1 aromatic carbocycles. The van der Waals surface area contributed by atoms with E-state index in [9.17, 15) is 0 Å². The molecule has 14 heavy (non-hydrogen) atoms. The molecule has 0 aromatic heterocycles. The summed E-state index contributed by atoms with van der Waals surface area (Å²) < 4.78 is 6.75. The Morgan fingerprint density at radius 1 is 1.50 bits per heavy atom. The summed E-state index contributed by atoms with van der Waals surface area (Å²) in [6.45, 7) is 1.93. The molecule has 0 spiro atoms. The van der Waals surface area contributed by atoms with E-state index in [4.69, 9.17) is 16.3 Å². The maximum absolute atomic E-state index is 6.01. The van der Waals surface area contributed by atoms with Crippen molar-refractivity contribution in [3.05, 3.63) is 27.7 Å². The second kappa shape index (κ2) is 4.51. The lowest BCUT2D eigenvalue weighted by Crippen LogP contribution is -2.19. The van der Waals surface area contributed by atoms with Crippen molar-refractivity contribution in [3.8, 4) is 5.75 Å². The van der Waals surface area contributed by atoms with E-state index in [0.29, 0.717) is 5.02 Å². The summed E-state index contributed by atoms with van der Waals surface area (Å²) in [4.78, 5) is 0. The van der Waals surface area contributed by atoms with Gasteiger partial charge in [-0.3, -0.25) is 0 Å². The number of hydrogen-bond acceptors (Lipinski definition) is 2. The summed E-state index contributed by atoms with van der Waals surface area (Å²) in [7, 11) is 0. The van der Waals surface area contributed by atoms with Crippen LogP contribution in [0.15, 0.2) is 22.7 Å². The average molecular weight is 277 g/mol. The Kier molecular flexibility index (Phi) is 3.31. The monoisotopic (exact) mass is 275 g/mol. The predicted molar refractivity (Wildman–Crippen MR) is 61.1 cm³/mol. The van der Waals surface area contributed by atoms with E-state index < -0.39 is 0 Å². The van der Waals surface area contributed by atoms with E-state index in [-0.39, 0.29) is 6.10 Å². The third-order valence-electron chi connectivity index (χ3n) is 2.20. The van der Waals surface area contributed by atoms with E-state index in [2.05, 4.69) is 21.2 Å². The quantitative estimate of drug-likeness (QED) is 0.897. The Labute approximate surface area is 96.7 Å². The number of hydrogen-bond donors (Lipinski definition) is 1. The fourth-order valence-corrected chi connectivity index (χ4v) is 1.98. The van der Waals surface area contributed by atoms with Gasteiger partial charge in [-0.05, 0) is 31.2 Å². The zero-order valence-corrected chi connectivity index (χ0v) is 9.94. The van der Waals surface area contributed by atoms with Gasteiger partial charge in [0.2, 0.25) is 0 Å². The standard InChI is InChI=1S/C10H11BrClNO/c11-7-1-2-9(12)10(5-7)14-8-3-4-13-6-8/h1-2,5,8,13H,3-4,6H2/t8-/m0/s1. The first-order chi connectivity index (χ1) is 6.75. The van der Waals surface area contributed by atoms with Gasteiger partial charge in [-0.1, -0.05) is 27.5 Å². The van der Waals surface area contributed by atoms with Crippen molar-refractivity contribution in [2.75, 3.05) is 13.1 Å². The van der Waals surface area contributed by atoms with Crippen LogP contribution in [0, 0.1) is 0 Å². The third-order valence-corrected chi connectivity index (χ3v) is 3.01. The van der Waals surface area contributed by atoms with Crippen LogP contribution in [0.4, 0.5) is 0 Å². The molecule has 4 heteroatoms. The lowest BCUT2D eigenvalue weighted by Gasteiger charge is -2.13. The summed E-state index contributed by atoms with van der Waals surface area (Å²) in [5, 5.41) is 3.91. The first-order valence-electron chi connectivity index (χ1n) is 4.58. The van der Waals surface area contributed by atoms with Gasteiger partial charge >= 0.3 is 0 Å². The number of benzene rings is 1. The molecule has 2 nitrogen and oxygen atoms in total. The molecule has 2 rings (SSSR count). The fourth-order valence-electron chi connectivity index (χ4n) is 1.48. The first-order valence-corrected chi connectivity index (χ1v) is 5.75. The molecule has 0 saturated carbocycles. The van der Waals surface area contributed by atoms with Gasteiger partial charge in [-0.15, -0.1) is 0 Å². The van der Waals surface area contributed by atoms with Crippen LogP contribution in [-0.2, 0) is 0 Å². The molecule has 1 aromatic rings. The summed E-state index contributed by atoms with van der Waals surface area (Å²) >= 11 is 9.40. The second-order valence-electron chi connectivity index (χ2n) is 3.31. The highest BCUT2D eigenvalue weighted by atomic mass is 79.9. The van der Waals surface area contributed by atoms with E-state index in [1.807, 2.05) is 18.2 Å². The first kappa shape index (κ1) is 10.3. The van der Waals surface area contributed by atoms with Crippen molar-refractivity contribution in [1.82, 2.24) is 5.32 Å². The van der Waals surface area contributed by atoms with Crippen LogP contribution in [0.2, 0.25) is 5.02 Å². The van der Waals surface area contributed by atoms with Gasteiger partial charge in [-0.2, -0.15) is 0 Å². The van der Waals surface area contributed by atoms with E-state index in [1.54, 1.807) is 0 Å². The molecule has 1 heterocycles. The molecule has 0 amide bonds. The zero-order valence-electron chi connectivity index (χ0n) is 7.59. The van der Waals surface area contributed by atoms with Crippen LogP contribution in [0.1, 0.15) is 6.42 Å². The van der Waals surface area contributed by atoms with Crippen molar-refractivity contribution in [2.24, 2.45) is 0 Å². The Hall–Kier alpha value is -0.250. The van der Waals surface area contributed by atoms with E-state index in [0.717, 1.165) is 29.7 Å². The van der Waals surface area contributed by atoms with Crippen molar-refractivity contribution >= 4 is 27.5 Å². The Morgan fingerprint density at radius 2 is 2.36 bits per heavy atom. The summed E-state index contributed by atoms with van der Waals surface area (Å²) in [6.07, 6.45) is 1.30. The Balaban J connectivity index is 2.10. The van der Waals surface area contributed by atoms with Crippen molar-refractivity contribution < 1.29 is 4.74 Å². The summed E-state index contributed by atoms with van der Waals surface area (Å²) in [5.41, 5.74) is 0. The largest absolute Gasteiger partial charge is 0.487 e. The van der Waals surface area contributed by atoms with Gasteiger partial charge in [-0.25, -0.2) is 0 Å².